The van der Waals surface area contributed by atoms with E-state index in [9.17, 15) is 43.2 Å². The number of esters is 4. The molecule has 3 N–H and O–H groups in total. The maximum Gasteiger partial charge on any atom is 0.472 e. The molecule has 0 bridgehead atoms. The van der Waals surface area contributed by atoms with Crippen LogP contribution < -0.4 is 0 Å². The van der Waals surface area contributed by atoms with Crippen LogP contribution in [0, 0.1) is 17.8 Å². The molecule has 0 saturated heterocycles. The number of phosphoric ester groups is 2. The Morgan fingerprint density at radius 1 is 0.337 bits per heavy atom. The van der Waals surface area contributed by atoms with Gasteiger partial charge in [0, 0.05) is 25.7 Å². The molecule has 0 aromatic carbocycles. The molecule has 0 aromatic rings. The summed E-state index contributed by atoms with van der Waals surface area (Å²) in [6.45, 7) is 11.7. The van der Waals surface area contributed by atoms with Crippen molar-refractivity contribution in [2.45, 2.75) is 349 Å². The molecule has 19 heteroatoms. The van der Waals surface area contributed by atoms with Gasteiger partial charge in [-0.1, -0.05) is 280 Å². The third-order valence-corrected chi connectivity index (χ3v) is 17.6. The standard InChI is InChI=1S/C67H130O17P2/c1-8-10-11-31-41-48-64(69)77-54-62(83-67(72)51-44-37-30-24-23-27-34-40-47-60(7)9-2)56-81-85(73,74)79-52-61(68)53-80-86(75,76)82-57-63(55-78-65(70)49-42-35-28-21-18-17-20-26-33-39-46-59(5)6)84-66(71)50-43-36-29-22-16-14-12-13-15-19-25-32-38-45-58(3)4/h58-63,68H,8-57H2,1-7H3,(H,73,74)(H,75,76)/t60?,61-,62+,63+/m0/s1. The van der Waals surface area contributed by atoms with Crippen LogP contribution in [-0.2, 0) is 65.4 Å². The van der Waals surface area contributed by atoms with Crippen molar-refractivity contribution in [1.29, 1.82) is 0 Å². The summed E-state index contributed by atoms with van der Waals surface area (Å²) in [4.78, 5) is 72.1. The van der Waals surface area contributed by atoms with E-state index in [2.05, 4.69) is 48.5 Å². The van der Waals surface area contributed by atoms with Gasteiger partial charge in [0.2, 0.25) is 0 Å². The van der Waals surface area contributed by atoms with E-state index in [0.29, 0.717) is 25.7 Å². The van der Waals surface area contributed by atoms with Crippen LogP contribution in [0.25, 0.3) is 0 Å². The number of phosphoric acid groups is 2. The lowest BCUT2D eigenvalue weighted by atomic mass is 9.99. The summed E-state index contributed by atoms with van der Waals surface area (Å²) in [5.74, 6) is 0.173. The third kappa shape index (κ3) is 59.7. The second-order valence-electron chi connectivity index (χ2n) is 25.4. The minimum atomic E-state index is -4.95. The lowest BCUT2D eigenvalue weighted by Crippen LogP contribution is -2.30. The minimum absolute atomic E-state index is 0.104. The molecule has 0 aliphatic rings. The average molecular weight is 1270 g/mol. The maximum absolute atomic E-state index is 13.0. The maximum atomic E-state index is 13.0. The fourth-order valence-corrected chi connectivity index (χ4v) is 11.6. The zero-order valence-electron chi connectivity index (χ0n) is 55.8. The molecule has 0 aromatic heterocycles. The second kappa shape index (κ2) is 58.2. The topological polar surface area (TPSA) is 237 Å². The summed E-state index contributed by atoms with van der Waals surface area (Å²) >= 11 is 0. The van der Waals surface area contributed by atoms with Crippen LogP contribution in [0.1, 0.15) is 331 Å². The monoisotopic (exact) mass is 1270 g/mol. The highest BCUT2D eigenvalue weighted by Crippen LogP contribution is 2.45. The van der Waals surface area contributed by atoms with Crippen molar-refractivity contribution in [2.75, 3.05) is 39.6 Å². The van der Waals surface area contributed by atoms with E-state index in [4.69, 9.17) is 37.0 Å². The zero-order valence-corrected chi connectivity index (χ0v) is 57.6. The highest BCUT2D eigenvalue weighted by molar-refractivity contribution is 7.47. The number of unbranched alkanes of at least 4 members (excludes halogenated alkanes) is 32. The molecule has 6 atom stereocenters. The molecule has 0 rings (SSSR count). The fourth-order valence-electron chi connectivity index (χ4n) is 9.98. The fraction of sp³-hybridized carbons (Fsp3) is 0.940. The molecule has 0 aliphatic heterocycles. The highest BCUT2D eigenvalue weighted by Gasteiger charge is 2.30. The summed E-state index contributed by atoms with van der Waals surface area (Å²) in [6, 6.07) is 0. The quantitative estimate of drug-likeness (QED) is 0.0222. The van der Waals surface area contributed by atoms with Crippen molar-refractivity contribution in [1.82, 2.24) is 0 Å². The van der Waals surface area contributed by atoms with Crippen LogP contribution in [0.15, 0.2) is 0 Å². The van der Waals surface area contributed by atoms with Gasteiger partial charge in [0.05, 0.1) is 26.4 Å². The molecule has 0 spiro atoms. The van der Waals surface area contributed by atoms with Crippen LogP contribution >= 0.6 is 15.6 Å². The lowest BCUT2D eigenvalue weighted by molar-refractivity contribution is -0.161. The molecule has 86 heavy (non-hydrogen) atoms. The largest absolute Gasteiger partial charge is 0.472 e. The Hall–Kier alpha value is -1.94. The van der Waals surface area contributed by atoms with Gasteiger partial charge in [-0.2, -0.15) is 0 Å². The Kier molecular flexibility index (Phi) is 56.9. The van der Waals surface area contributed by atoms with E-state index in [1.54, 1.807) is 0 Å². The van der Waals surface area contributed by atoms with E-state index in [0.717, 1.165) is 114 Å². The number of hydrogen-bond acceptors (Lipinski definition) is 15. The van der Waals surface area contributed by atoms with Crippen molar-refractivity contribution in [3.63, 3.8) is 0 Å². The van der Waals surface area contributed by atoms with Gasteiger partial charge in [-0.05, 0) is 43.4 Å². The molecule has 0 amide bonds. The zero-order chi connectivity index (χ0) is 63.8. The molecular weight excluding hydrogens is 1140 g/mol. The van der Waals surface area contributed by atoms with Gasteiger partial charge in [-0.25, -0.2) is 9.13 Å². The number of ether oxygens (including phenoxy) is 4. The average Bonchev–Trinajstić information content (AvgIpc) is 3.66. The van der Waals surface area contributed by atoms with Crippen molar-refractivity contribution in [3.05, 3.63) is 0 Å². The van der Waals surface area contributed by atoms with Crippen molar-refractivity contribution in [3.8, 4) is 0 Å². The van der Waals surface area contributed by atoms with Gasteiger partial charge in [0.15, 0.2) is 12.2 Å². The summed E-state index contributed by atoms with van der Waals surface area (Å²) < 4.78 is 68.0. The number of carbonyl (C=O) groups is 4. The Morgan fingerprint density at radius 2 is 0.593 bits per heavy atom. The van der Waals surface area contributed by atoms with Crippen LogP contribution in [-0.4, -0.2) is 96.7 Å². The van der Waals surface area contributed by atoms with Crippen LogP contribution in [0.3, 0.4) is 0 Å². The first-order valence-electron chi connectivity index (χ1n) is 34.9. The molecular formula is C67H130O17P2. The number of aliphatic hydroxyl groups excluding tert-OH is 1. The predicted octanol–water partition coefficient (Wildman–Crippen LogP) is 18.7. The second-order valence-corrected chi connectivity index (χ2v) is 28.3. The normalized spacial score (nSPS) is 14.6. The Morgan fingerprint density at radius 3 is 0.884 bits per heavy atom. The molecule has 510 valence electrons. The van der Waals surface area contributed by atoms with Gasteiger partial charge in [0.25, 0.3) is 0 Å². The lowest BCUT2D eigenvalue weighted by Gasteiger charge is -2.21. The Labute approximate surface area is 524 Å². The van der Waals surface area contributed by atoms with E-state index >= 15 is 0 Å². The smallest absolute Gasteiger partial charge is 0.462 e. The van der Waals surface area contributed by atoms with Crippen molar-refractivity contribution >= 4 is 39.5 Å². The van der Waals surface area contributed by atoms with Crippen LogP contribution in [0.5, 0.6) is 0 Å². The predicted molar refractivity (Wildman–Crippen MR) is 344 cm³/mol. The van der Waals surface area contributed by atoms with Crippen molar-refractivity contribution < 1.29 is 80.2 Å². The Bertz CT molecular complexity index is 1700. The Balaban J connectivity index is 5.18. The van der Waals surface area contributed by atoms with Gasteiger partial charge < -0.3 is 33.8 Å². The molecule has 0 heterocycles. The van der Waals surface area contributed by atoms with Gasteiger partial charge in [-0.15, -0.1) is 0 Å². The molecule has 0 saturated carbocycles. The summed E-state index contributed by atoms with van der Waals surface area (Å²) in [5, 5.41) is 10.5. The van der Waals surface area contributed by atoms with Gasteiger partial charge in [0.1, 0.15) is 19.3 Å². The molecule has 0 aliphatic carbocycles. The SMILES string of the molecule is CCCCCCCC(=O)OC[C@H](COP(=O)(O)OC[C@H](O)COP(=O)(O)OC[C@@H](COC(=O)CCCCCCCCCCCCC(C)C)OC(=O)CCCCCCCCCCCCCCCC(C)C)OC(=O)CCCCCCCCCCC(C)CC. The van der Waals surface area contributed by atoms with E-state index in [1.807, 2.05) is 0 Å². The molecule has 0 radical (unpaired) electrons. The van der Waals surface area contributed by atoms with Gasteiger partial charge in [-0.3, -0.25) is 37.3 Å². The van der Waals surface area contributed by atoms with E-state index in [1.165, 1.54) is 135 Å². The molecule has 3 unspecified atom stereocenters. The number of carbonyl (C=O) groups excluding carboxylic acids is 4. The van der Waals surface area contributed by atoms with Crippen LogP contribution in [0.4, 0.5) is 0 Å². The highest BCUT2D eigenvalue weighted by atomic mass is 31.2. The summed E-state index contributed by atoms with van der Waals surface area (Å²) in [7, 11) is -9.89. The van der Waals surface area contributed by atoms with Gasteiger partial charge >= 0.3 is 39.5 Å². The number of hydrogen-bond donors (Lipinski definition) is 3. The summed E-state index contributed by atoms with van der Waals surface area (Å²) in [5.41, 5.74) is 0. The van der Waals surface area contributed by atoms with Crippen LogP contribution in [0.2, 0.25) is 0 Å². The number of rotatable bonds is 65. The van der Waals surface area contributed by atoms with E-state index < -0.39 is 97.5 Å². The first-order chi connectivity index (χ1) is 41.3. The van der Waals surface area contributed by atoms with Crippen molar-refractivity contribution in [2.24, 2.45) is 17.8 Å². The first-order valence-corrected chi connectivity index (χ1v) is 37.9. The first kappa shape index (κ1) is 84.1. The van der Waals surface area contributed by atoms with E-state index in [-0.39, 0.29) is 25.7 Å². The number of aliphatic hydroxyl groups is 1. The minimum Gasteiger partial charge on any atom is -0.462 e. The summed E-state index contributed by atoms with van der Waals surface area (Å²) in [6.07, 6.45) is 40.6. The third-order valence-electron chi connectivity index (χ3n) is 15.7. The molecule has 17 nitrogen and oxygen atoms in total. The molecule has 0 fully saturated rings.